The van der Waals surface area contributed by atoms with Crippen LogP contribution in [0.3, 0.4) is 0 Å². The van der Waals surface area contributed by atoms with E-state index in [1.807, 2.05) is 56.4 Å². The molecule has 0 aliphatic heterocycles. The van der Waals surface area contributed by atoms with Gasteiger partial charge in [-0.15, -0.1) is 0 Å². The first-order chi connectivity index (χ1) is 10.2. The van der Waals surface area contributed by atoms with Crippen LogP contribution in [0.4, 0.5) is 0 Å². The van der Waals surface area contributed by atoms with Crippen LogP contribution in [0.25, 0.3) is 22.4 Å². The molecule has 0 aliphatic carbocycles. The maximum Gasteiger partial charge on any atom is 0.140 e. The topological polar surface area (TPSA) is 47.3 Å². The van der Waals surface area contributed by atoms with Gasteiger partial charge in [-0.3, -0.25) is 0 Å². The lowest BCUT2D eigenvalue weighted by Gasteiger charge is -2.10. The van der Waals surface area contributed by atoms with Crippen LogP contribution in [0.2, 0.25) is 0 Å². The molecule has 0 aliphatic rings. The molecule has 0 spiro atoms. The third kappa shape index (κ3) is 2.38. The lowest BCUT2D eigenvalue weighted by molar-refractivity contribution is 0.267. The highest BCUT2D eigenvalue weighted by Crippen LogP contribution is 2.28. The van der Waals surface area contributed by atoms with Crippen LogP contribution in [0.1, 0.15) is 12.5 Å². The van der Waals surface area contributed by atoms with Crippen molar-refractivity contribution in [3.05, 3.63) is 48.0 Å². The fraction of sp³-hybridized carbons (Fsp3) is 0.235. The number of nitrogens with zero attached hydrogens (tertiary/aromatic N) is 2. The summed E-state index contributed by atoms with van der Waals surface area (Å²) in [6, 6.07) is 13.8. The first-order valence-electron chi connectivity index (χ1n) is 7.03. The van der Waals surface area contributed by atoms with E-state index in [1.165, 1.54) is 0 Å². The van der Waals surface area contributed by atoms with E-state index >= 15 is 0 Å². The smallest absolute Gasteiger partial charge is 0.140 e. The second-order valence-electron chi connectivity index (χ2n) is 4.90. The Hall–Kier alpha value is -2.33. The van der Waals surface area contributed by atoms with Crippen molar-refractivity contribution in [1.82, 2.24) is 9.55 Å². The summed E-state index contributed by atoms with van der Waals surface area (Å²) in [5.74, 6) is 1.61. The minimum Gasteiger partial charge on any atom is -0.494 e. The average Bonchev–Trinajstić information content (AvgIpc) is 2.86. The van der Waals surface area contributed by atoms with Gasteiger partial charge in [-0.25, -0.2) is 4.98 Å². The van der Waals surface area contributed by atoms with Gasteiger partial charge in [0, 0.05) is 18.2 Å². The van der Waals surface area contributed by atoms with Crippen molar-refractivity contribution in [3.8, 4) is 17.1 Å². The van der Waals surface area contributed by atoms with Gasteiger partial charge in [-0.2, -0.15) is 0 Å². The summed E-state index contributed by atoms with van der Waals surface area (Å²) in [5.41, 5.74) is 3.81. The summed E-state index contributed by atoms with van der Waals surface area (Å²) >= 11 is 0. The van der Waals surface area contributed by atoms with E-state index in [-0.39, 0.29) is 6.61 Å². The Bertz CT molecular complexity index is 778. The Balaban J connectivity index is 2.12. The van der Waals surface area contributed by atoms with Gasteiger partial charge in [0.25, 0.3) is 0 Å². The van der Waals surface area contributed by atoms with E-state index in [0.717, 1.165) is 33.7 Å². The first-order valence-corrected chi connectivity index (χ1v) is 7.03. The molecule has 4 heteroatoms. The normalized spacial score (nSPS) is 11.0. The Morgan fingerprint density at radius 3 is 2.71 bits per heavy atom. The van der Waals surface area contributed by atoms with Crippen LogP contribution in [-0.2, 0) is 13.7 Å². The molecule has 0 unspecified atom stereocenters. The summed E-state index contributed by atoms with van der Waals surface area (Å²) in [6.07, 6.45) is 0. The number of hydrogen-bond donors (Lipinski definition) is 1. The highest BCUT2D eigenvalue weighted by Gasteiger charge is 2.12. The maximum atomic E-state index is 9.52. The molecule has 0 bridgehead atoms. The molecular formula is C17H18N2O2. The van der Waals surface area contributed by atoms with Crippen molar-refractivity contribution in [2.24, 2.45) is 7.05 Å². The number of aliphatic hydroxyl groups is 1. The highest BCUT2D eigenvalue weighted by atomic mass is 16.5. The predicted octanol–water partition coefficient (Wildman–Crippen LogP) is 3.13. The molecule has 0 atom stereocenters. The van der Waals surface area contributed by atoms with Crippen molar-refractivity contribution in [3.63, 3.8) is 0 Å². The zero-order valence-electron chi connectivity index (χ0n) is 12.2. The summed E-state index contributed by atoms with van der Waals surface area (Å²) in [6.45, 7) is 2.46. The Labute approximate surface area is 123 Å². The van der Waals surface area contributed by atoms with Gasteiger partial charge in [0.05, 0.1) is 24.2 Å². The summed E-state index contributed by atoms with van der Waals surface area (Å²) in [5, 5.41) is 9.52. The van der Waals surface area contributed by atoms with Crippen LogP contribution in [0, 0.1) is 0 Å². The molecule has 1 heterocycles. The molecule has 0 saturated heterocycles. The van der Waals surface area contributed by atoms with Gasteiger partial charge >= 0.3 is 0 Å². The Morgan fingerprint density at radius 1 is 1.19 bits per heavy atom. The average molecular weight is 282 g/mol. The summed E-state index contributed by atoms with van der Waals surface area (Å²) < 4.78 is 7.58. The third-order valence-electron chi connectivity index (χ3n) is 3.58. The number of ether oxygens (including phenoxy) is 1. The second kappa shape index (κ2) is 5.58. The van der Waals surface area contributed by atoms with Gasteiger partial charge in [0.1, 0.15) is 11.6 Å². The number of benzene rings is 2. The van der Waals surface area contributed by atoms with Crippen molar-refractivity contribution in [1.29, 1.82) is 0 Å². The fourth-order valence-corrected chi connectivity index (χ4v) is 2.54. The number of aryl methyl sites for hydroxylation is 1. The van der Waals surface area contributed by atoms with Crippen molar-refractivity contribution < 1.29 is 9.84 Å². The largest absolute Gasteiger partial charge is 0.494 e. The van der Waals surface area contributed by atoms with E-state index in [1.54, 1.807) is 0 Å². The number of imidazole rings is 1. The van der Waals surface area contributed by atoms with Gasteiger partial charge in [-0.05, 0) is 37.3 Å². The number of fused-ring (bicyclic) bond motifs is 1. The van der Waals surface area contributed by atoms with Crippen molar-refractivity contribution in [2.45, 2.75) is 13.5 Å². The van der Waals surface area contributed by atoms with E-state index < -0.39 is 0 Å². The Kier molecular flexibility index (Phi) is 3.62. The van der Waals surface area contributed by atoms with Crippen LogP contribution in [0.15, 0.2) is 42.5 Å². The SMILES string of the molecule is CCOc1ccc(-c2nc3ccccc3n2C)cc1CO. The first kappa shape index (κ1) is 13.6. The second-order valence-corrected chi connectivity index (χ2v) is 4.90. The number of para-hydroxylation sites is 2. The van der Waals surface area contributed by atoms with E-state index in [0.29, 0.717) is 6.61 Å². The lowest BCUT2D eigenvalue weighted by Crippen LogP contribution is -1.98. The molecule has 1 aromatic heterocycles. The van der Waals surface area contributed by atoms with E-state index in [2.05, 4.69) is 9.55 Å². The lowest BCUT2D eigenvalue weighted by atomic mass is 10.1. The van der Waals surface area contributed by atoms with Gasteiger partial charge in [0.2, 0.25) is 0 Å². The van der Waals surface area contributed by atoms with Gasteiger partial charge < -0.3 is 14.4 Å². The summed E-state index contributed by atoms with van der Waals surface area (Å²) in [7, 11) is 2.00. The van der Waals surface area contributed by atoms with Crippen LogP contribution < -0.4 is 4.74 Å². The van der Waals surface area contributed by atoms with Crippen molar-refractivity contribution in [2.75, 3.05) is 6.61 Å². The molecule has 0 radical (unpaired) electrons. The molecule has 3 aromatic rings. The molecule has 0 fully saturated rings. The van der Waals surface area contributed by atoms with Crippen LogP contribution in [-0.4, -0.2) is 21.3 Å². The van der Waals surface area contributed by atoms with Crippen LogP contribution in [0.5, 0.6) is 5.75 Å². The minimum absolute atomic E-state index is 0.0485. The van der Waals surface area contributed by atoms with Gasteiger partial charge in [-0.1, -0.05) is 12.1 Å². The fourth-order valence-electron chi connectivity index (χ4n) is 2.54. The zero-order valence-corrected chi connectivity index (χ0v) is 12.2. The Morgan fingerprint density at radius 2 is 2.00 bits per heavy atom. The number of aliphatic hydroxyl groups excluding tert-OH is 1. The molecular weight excluding hydrogens is 264 g/mol. The van der Waals surface area contributed by atoms with E-state index in [9.17, 15) is 5.11 Å². The van der Waals surface area contributed by atoms with Gasteiger partial charge in [0.15, 0.2) is 0 Å². The molecule has 0 saturated carbocycles. The molecule has 4 nitrogen and oxygen atoms in total. The monoisotopic (exact) mass is 282 g/mol. The zero-order chi connectivity index (χ0) is 14.8. The number of rotatable bonds is 4. The van der Waals surface area contributed by atoms with Crippen molar-refractivity contribution >= 4 is 11.0 Å². The predicted molar refractivity (Wildman–Crippen MR) is 83.2 cm³/mol. The third-order valence-corrected chi connectivity index (χ3v) is 3.58. The minimum atomic E-state index is -0.0485. The molecule has 21 heavy (non-hydrogen) atoms. The number of hydrogen-bond acceptors (Lipinski definition) is 3. The summed E-state index contributed by atoms with van der Waals surface area (Å²) in [4.78, 5) is 4.67. The maximum absolute atomic E-state index is 9.52. The molecule has 1 N–H and O–H groups in total. The number of aromatic nitrogens is 2. The molecule has 3 rings (SSSR count). The standard InChI is InChI=1S/C17H18N2O2/c1-3-21-16-9-8-12(10-13(16)11-20)17-18-14-6-4-5-7-15(14)19(17)2/h4-10,20H,3,11H2,1-2H3. The quantitative estimate of drug-likeness (QED) is 0.799. The van der Waals surface area contributed by atoms with E-state index in [4.69, 9.17) is 4.74 Å². The molecule has 108 valence electrons. The molecule has 2 aromatic carbocycles. The highest BCUT2D eigenvalue weighted by molar-refractivity contribution is 5.80. The van der Waals surface area contributed by atoms with Crippen LogP contribution >= 0.6 is 0 Å². The molecule has 0 amide bonds.